The van der Waals surface area contributed by atoms with E-state index in [4.69, 9.17) is 4.42 Å². The highest BCUT2D eigenvalue weighted by atomic mass is 16.3. The van der Waals surface area contributed by atoms with E-state index in [0.29, 0.717) is 0 Å². The number of piperidine rings is 1. The number of nitrogens with zero attached hydrogens (tertiary/aromatic N) is 1. The van der Waals surface area contributed by atoms with Crippen molar-refractivity contribution in [2.75, 3.05) is 6.54 Å². The molecule has 1 amide bonds. The van der Waals surface area contributed by atoms with Gasteiger partial charge in [0.15, 0.2) is 0 Å². The van der Waals surface area contributed by atoms with Crippen LogP contribution in [-0.4, -0.2) is 17.4 Å². The second-order valence-corrected chi connectivity index (χ2v) is 6.60. The summed E-state index contributed by atoms with van der Waals surface area (Å²) >= 11 is 0. The molecule has 1 saturated heterocycles. The summed E-state index contributed by atoms with van der Waals surface area (Å²) in [7, 11) is 0. The summed E-state index contributed by atoms with van der Waals surface area (Å²) in [6, 6.07) is 14.4. The SMILES string of the molecule is CC(=O)N1CC[C@@]2(c3ccccc3)C=CC=C[C@H]2[C@@H]1c1ccco1. The van der Waals surface area contributed by atoms with Crippen molar-refractivity contribution in [1.29, 1.82) is 0 Å². The number of furan rings is 1. The fourth-order valence-electron chi connectivity index (χ4n) is 4.29. The quantitative estimate of drug-likeness (QED) is 0.829. The number of benzene rings is 1. The number of rotatable bonds is 2. The lowest BCUT2D eigenvalue weighted by molar-refractivity contribution is -0.135. The van der Waals surface area contributed by atoms with E-state index >= 15 is 0 Å². The number of hydrogen-bond donors (Lipinski definition) is 0. The Hall–Kier alpha value is -2.55. The first kappa shape index (κ1) is 15.0. The lowest BCUT2D eigenvalue weighted by atomic mass is 9.61. The van der Waals surface area contributed by atoms with Crippen LogP contribution < -0.4 is 0 Å². The number of carbonyl (C=O) groups excluding carboxylic acids is 1. The molecular weight excluding hydrogens is 298 g/mol. The number of allylic oxidation sites excluding steroid dienone is 3. The van der Waals surface area contributed by atoms with Crippen LogP contribution >= 0.6 is 0 Å². The molecule has 2 aliphatic rings. The van der Waals surface area contributed by atoms with E-state index in [9.17, 15) is 4.79 Å². The molecule has 3 heteroatoms. The van der Waals surface area contributed by atoms with Crippen LogP contribution in [0.4, 0.5) is 0 Å². The molecule has 3 nitrogen and oxygen atoms in total. The monoisotopic (exact) mass is 319 g/mol. The van der Waals surface area contributed by atoms with Gasteiger partial charge in [-0.25, -0.2) is 0 Å². The molecule has 0 N–H and O–H groups in total. The van der Waals surface area contributed by atoms with Crippen LogP contribution in [0, 0.1) is 5.92 Å². The van der Waals surface area contributed by atoms with Crippen LogP contribution in [0.2, 0.25) is 0 Å². The van der Waals surface area contributed by atoms with Crippen molar-refractivity contribution in [2.24, 2.45) is 5.92 Å². The number of hydrogen-bond acceptors (Lipinski definition) is 2. The van der Waals surface area contributed by atoms with Crippen molar-refractivity contribution in [1.82, 2.24) is 4.90 Å². The topological polar surface area (TPSA) is 33.5 Å². The van der Waals surface area contributed by atoms with Crippen LogP contribution in [0.15, 0.2) is 77.4 Å². The zero-order valence-corrected chi connectivity index (χ0v) is 13.8. The van der Waals surface area contributed by atoms with Crippen molar-refractivity contribution in [2.45, 2.75) is 24.8 Å². The highest BCUT2D eigenvalue weighted by molar-refractivity contribution is 5.74. The van der Waals surface area contributed by atoms with Crippen LogP contribution in [0.1, 0.15) is 30.7 Å². The largest absolute Gasteiger partial charge is 0.467 e. The first-order chi connectivity index (χ1) is 11.7. The molecule has 24 heavy (non-hydrogen) atoms. The lowest BCUT2D eigenvalue weighted by Gasteiger charge is -2.51. The molecule has 1 aromatic heterocycles. The Kier molecular flexibility index (Phi) is 3.64. The Morgan fingerprint density at radius 3 is 2.71 bits per heavy atom. The zero-order chi connectivity index (χ0) is 16.6. The van der Waals surface area contributed by atoms with E-state index in [1.807, 2.05) is 23.1 Å². The second kappa shape index (κ2) is 5.82. The van der Waals surface area contributed by atoms with E-state index in [2.05, 4.69) is 48.6 Å². The highest BCUT2D eigenvalue weighted by Crippen LogP contribution is 2.51. The van der Waals surface area contributed by atoms with Crippen molar-refractivity contribution >= 4 is 5.91 Å². The van der Waals surface area contributed by atoms with Crippen LogP contribution in [0.3, 0.4) is 0 Å². The molecule has 2 aromatic rings. The Balaban J connectivity index is 1.85. The molecule has 1 fully saturated rings. The van der Waals surface area contributed by atoms with Gasteiger partial charge in [0.1, 0.15) is 5.76 Å². The average molecular weight is 319 g/mol. The van der Waals surface area contributed by atoms with E-state index in [1.54, 1.807) is 13.2 Å². The first-order valence-electron chi connectivity index (χ1n) is 8.44. The normalized spacial score (nSPS) is 28.6. The fraction of sp³-hybridized carbons (Fsp3) is 0.286. The molecule has 3 atom stereocenters. The van der Waals surface area contributed by atoms with E-state index in [0.717, 1.165) is 18.7 Å². The molecule has 4 rings (SSSR count). The lowest BCUT2D eigenvalue weighted by Crippen LogP contribution is -2.52. The van der Waals surface area contributed by atoms with Crippen molar-refractivity contribution in [3.63, 3.8) is 0 Å². The average Bonchev–Trinajstić information content (AvgIpc) is 3.15. The standard InChI is InChI=1S/C21H21NO2/c1-16(23)22-14-13-21(17-8-3-2-4-9-17)12-6-5-10-18(21)20(22)19-11-7-15-24-19/h2-12,15,18,20H,13-14H2,1H3/t18-,20+,21+/m0/s1. The summed E-state index contributed by atoms with van der Waals surface area (Å²) in [6.45, 7) is 2.37. The van der Waals surface area contributed by atoms with Gasteiger partial charge in [-0.2, -0.15) is 0 Å². The first-order valence-corrected chi connectivity index (χ1v) is 8.44. The van der Waals surface area contributed by atoms with Crippen molar-refractivity contribution < 1.29 is 9.21 Å². The molecule has 0 unspecified atom stereocenters. The summed E-state index contributed by atoms with van der Waals surface area (Å²) in [5, 5.41) is 0. The Morgan fingerprint density at radius 2 is 2.00 bits per heavy atom. The van der Waals surface area contributed by atoms with Crippen LogP contribution in [0.25, 0.3) is 0 Å². The van der Waals surface area contributed by atoms with Crippen molar-refractivity contribution in [3.05, 3.63) is 84.4 Å². The second-order valence-electron chi connectivity index (χ2n) is 6.60. The summed E-state index contributed by atoms with van der Waals surface area (Å²) < 4.78 is 5.73. The third kappa shape index (κ3) is 2.23. The van der Waals surface area contributed by atoms with Gasteiger partial charge in [0.05, 0.1) is 12.3 Å². The minimum absolute atomic E-state index is 0.0762. The maximum absolute atomic E-state index is 12.3. The van der Waals surface area contributed by atoms with Crippen LogP contribution in [0.5, 0.6) is 0 Å². The molecule has 1 aliphatic heterocycles. The van der Waals surface area contributed by atoms with Gasteiger partial charge in [-0.15, -0.1) is 0 Å². The van der Waals surface area contributed by atoms with E-state index < -0.39 is 0 Å². The minimum atomic E-state index is -0.0978. The van der Waals surface area contributed by atoms with Gasteiger partial charge in [-0.05, 0) is 24.1 Å². The molecule has 2 heterocycles. The fourth-order valence-corrected chi connectivity index (χ4v) is 4.29. The minimum Gasteiger partial charge on any atom is -0.467 e. The molecule has 1 aliphatic carbocycles. The Morgan fingerprint density at radius 1 is 1.17 bits per heavy atom. The summed E-state index contributed by atoms with van der Waals surface area (Å²) in [5.74, 6) is 1.12. The molecule has 0 radical (unpaired) electrons. The maximum atomic E-state index is 12.3. The van der Waals surface area contributed by atoms with E-state index in [1.165, 1.54) is 5.56 Å². The molecular formula is C21H21NO2. The summed E-state index contributed by atoms with van der Waals surface area (Å²) in [6.07, 6.45) is 11.4. The predicted molar refractivity (Wildman–Crippen MR) is 93.3 cm³/mol. The molecule has 0 saturated carbocycles. The van der Waals surface area contributed by atoms with Gasteiger partial charge >= 0.3 is 0 Å². The number of amides is 1. The highest BCUT2D eigenvalue weighted by Gasteiger charge is 2.49. The Bertz CT molecular complexity index is 775. The van der Waals surface area contributed by atoms with Gasteiger partial charge in [0.2, 0.25) is 5.91 Å². The van der Waals surface area contributed by atoms with Gasteiger partial charge in [0, 0.05) is 24.8 Å². The Labute approximate surface area is 142 Å². The van der Waals surface area contributed by atoms with Gasteiger partial charge < -0.3 is 9.32 Å². The number of likely N-dealkylation sites (tertiary alicyclic amines) is 1. The predicted octanol–water partition coefficient (Wildman–Crippen LogP) is 4.25. The van der Waals surface area contributed by atoms with Gasteiger partial charge in [-0.3, -0.25) is 4.79 Å². The molecule has 0 bridgehead atoms. The zero-order valence-electron chi connectivity index (χ0n) is 13.8. The molecule has 1 aromatic carbocycles. The van der Waals surface area contributed by atoms with Crippen LogP contribution in [-0.2, 0) is 10.2 Å². The molecule has 0 spiro atoms. The molecule has 122 valence electrons. The summed E-state index contributed by atoms with van der Waals surface area (Å²) in [4.78, 5) is 14.2. The maximum Gasteiger partial charge on any atom is 0.220 e. The summed E-state index contributed by atoms with van der Waals surface area (Å²) in [5.41, 5.74) is 1.20. The number of fused-ring (bicyclic) bond motifs is 1. The number of carbonyl (C=O) groups is 1. The van der Waals surface area contributed by atoms with Crippen molar-refractivity contribution in [3.8, 4) is 0 Å². The van der Waals surface area contributed by atoms with Gasteiger partial charge in [-0.1, -0.05) is 54.6 Å². The van der Waals surface area contributed by atoms with E-state index in [-0.39, 0.29) is 23.3 Å². The third-order valence-corrected chi connectivity index (χ3v) is 5.41. The third-order valence-electron chi connectivity index (χ3n) is 5.41. The van der Waals surface area contributed by atoms with Gasteiger partial charge in [0.25, 0.3) is 0 Å². The smallest absolute Gasteiger partial charge is 0.220 e.